The van der Waals surface area contributed by atoms with E-state index in [1.54, 1.807) is 5.32 Å². The molecule has 15 heteroatoms. The normalized spacial score (nSPS) is 11.4. The summed E-state index contributed by atoms with van der Waals surface area (Å²) in [5.41, 5.74) is -0.900. The third kappa shape index (κ3) is 7.78. The Kier molecular flexibility index (Phi) is 9.74. The minimum atomic E-state index is -1.96. The summed E-state index contributed by atoms with van der Waals surface area (Å²) in [7, 11) is 0. The van der Waals surface area contributed by atoms with Crippen molar-refractivity contribution in [3.63, 3.8) is 0 Å². The number of nitrogens with one attached hydrogen (secondary N) is 2. The molecule has 2 aromatic rings. The number of ketones is 2. The maximum absolute atomic E-state index is 13.6. The minimum Gasteiger partial charge on any atom is -0.481 e. The Balaban J connectivity index is 1.98. The summed E-state index contributed by atoms with van der Waals surface area (Å²) in [4.78, 5) is 59.1. The van der Waals surface area contributed by atoms with Crippen LogP contribution in [0.1, 0.15) is 19.3 Å². The number of para-hydroxylation sites is 1. The smallest absolute Gasteiger partial charge is 0.305 e. The molecule has 3 N–H and O–H groups in total. The monoisotopic (exact) mass is 534 g/mol. The van der Waals surface area contributed by atoms with Crippen LogP contribution < -0.4 is 15.4 Å². The molecular formula is C22H16F6N2O7. The molecule has 0 heterocycles. The third-order valence-electron chi connectivity index (χ3n) is 4.57. The molecule has 0 bridgehead atoms. The van der Waals surface area contributed by atoms with E-state index in [1.165, 1.54) is 0 Å². The predicted octanol–water partition coefficient (Wildman–Crippen LogP) is 2.42. The first-order valence-corrected chi connectivity index (χ1v) is 10.1. The lowest BCUT2D eigenvalue weighted by Crippen LogP contribution is -2.44. The number of aliphatic carboxylic acids is 1. The van der Waals surface area contributed by atoms with Crippen LogP contribution in [0.2, 0.25) is 0 Å². The van der Waals surface area contributed by atoms with Gasteiger partial charge in [-0.3, -0.25) is 24.0 Å². The molecule has 2 aromatic carbocycles. The zero-order valence-corrected chi connectivity index (χ0v) is 18.4. The number of benzene rings is 2. The van der Waals surface area contributed by atoms with Crippen molar-refractivity contribution < 1.29 is 60.2 Å². The Hall–Kier alpha value is -4.43. The van der Waals surface area contributed by atoms with Gasteiger partial charge in [-0.2, -0.15) is 8.78 Å². The van der Waals surface area contributed by atoms with Crippen LogP contribution in [0.3, 0.4) is 0 Å². The van der Waals surface area contributed by atoms with E-state index in [1.807, 2.05) is 5.32 Å². The molecule has 0 unspecified atom stereocenters. The van der Waals surface area contributed by atoms with Crippen molar-refractivity contribution in [2.75, 3.05) is 11.9 Å². The van der Waals surface area contributed by atoms with Gasteiger partial charge in [-0.1, -0.05) is 6.07 Å². The fourth-order valence-electron chi connectivity index (χ4n) is 2.75. The molecular weight excluding hydrogens is 518 g/mol. The van der Waals surface area contributed by atoms with Crippen LogP contribution in [-0.2, 0) is 24.0 Å². The molecule has 0 saturated carbocycles. The molecule has 0 fully saturated rings. The van der Waals surface area contributed by atoms with Gasteiger partial charge < -0.3 is 20.5 Å². The second kappa shape index (κ2) is 12.5. The molecule has 0 aromatic heterocycles. The number of carbonyl (C=O) groups excluding carboxylic acids is 4. The Morgan fingerprint density at radius 1 is 0.865 bits per heavy atom. The van der Waals surface area contributed by atoms with Crippen LogP contribution in [0.15, 0.2) is 24.3 Å². The van der Waals surface area contributed by atoms with Gasteiger partial charge in [-0.05, 0) is 12.1 Å². The van der Waals surface area contributed by atoms with Crippen LogP contribution >= 0.6 is 0 Å². The Morgan fingerprint density at radius 2 is 1.43 bits per heavy atom. The molecule has 198 valence electrons. The molecule has 0 aliphatic carbocycles. The first-order chi connectivity index (χ1) is 17.3. The molecule has 0 spiro atoms. The predicted molar refractivity (Wildman–Crippen MR) is 110 cm³/mol. The maximum atomic E-state index is 13.6. The maximum Gasteiger partial charge on any atom is 0.305 e. The van der Waals surface area contributed by atoms with Crippen LogP contribution in [0.25, 0.3) is 0 Å². The van der Waals surface area contributed by atoms with E-state index in [-0.39, 0.29) is 6.07 Å². The summed E-state index contributed by atoms with van der Waals surface area (Å²) in [5.74, 6) is -18.3. The quantitative estimate of drug-likeness (QED) is 0.216. The van der Waals surface area contributed by atoms with Gasteiger partial charge in [0.2, 0.25) is 23.3 Å². The third-order valence-corrected chi connectivity index (χ3v) is 4.57. The number of carbonyl (C=O) groups is 5. The second-order valence-electron chi connectivity index (χ2n) is 7.24. The highest BCUT2D eigenvalue weighted by atomic mass is 19.2. The summed E-state index contributed by atoms with van der Waals surface area (Å²) in [5, 5.41) is 12.5. The summed E-state index contributed by atoms with van der Waals surface area (Å²) in [6.45, 7) is -1.31. The van der Waals surface area contributed by atoms with E-state index >= 15 is 0 Å². The topological polar surface area (TPSA) is 139 Å². The molecule has 0 saturated heterocycles. The van der Waals surface area contributed by atoms with Gasteiger partial charge in [0.1, 0.15) is 30.0 Å². The second-order valence-corrected chi connectivity index (χ2v) is 7.24. The van der Waals surface area contributed by atoms with Crippen molar-refractivity contribution in [3.05, 3.63) is 59.2 Å². The van der Waals surface area contributed by atoms with Crippen LogP contribution in [-0.4, -0.2) is 47.1 Å². The molecule has 9 nitrogen and oxygen atoms in total. The molecule has 0 aliphatic heterocycles. The van der Waals surface area contributed by atoms with Gasteiger partial charge >= 0.3 is 5.97 Å². The van der Waals surface area contributed by atoms with Gasteiger partial charge in [0, 0.05) is 18.9 Å². The Morgan fingerprint density at radius 3 is 1.97 bits per heavy atom. The number of carboxylic acid groups (broad SMARTS) is 1. The van der Waals surface area contributed by atoms with E-state index in [4.69, 9.17) is 5.11 Å². The number of rotatable bonds is 12. The number of anilines is 1. The SMILES string of the molecule is O=C(O)C[C@H](NC(=O)CCC(=O)C(=O)Nc1c(F)cccc1F)C(=O)COc1c(F)c(F)cc(F)c1F. The lowest BCUT2D eigenvalue weighted by Gasteiger charge is -2.17. The lowest BCUT2D eigenvalue weighted by molar-refractivity contribution is -0.140. The lowest BCUT2D eigenvalue weighted by atomic mass is 10.1. The molecule has 2 rings (SSSR count). The summed E-state index contributed by atoms with van der Waals surface area (Å²) in [6, 6.07) is 0.656. The first-order valence-electron chi connectivity index (χ1n) is 10.1. The molecule has 1 atom stereocenters. The van der Waals surface area contributed by atoms with Crippen molar-refractivity contribution in [1.29, 1.82) is 0 Å². The average Bonchev–Trinajstić information content (AvgIpc) is 2.82. The highest BCUT2D eigenvalue weighted by Gasteiger charge is 2.27. The Bertz CT molecular complexity index is 1210. The van der Waals surface area contributed by atoms with E-state index in [0.29, 0.717) is 0 Å². The summed E-state index contributed by atoms with van der Waals surface area (Å²) in [6.07, 6.45) is -2.66. The van der Waals surface area contributed by atoms with Gasteiger partial charge in [-0.15, -0.1) is 0 Å². The number of hydrogen-bond acceptors (Lipinski definition) is 6. The highest BCUT2D eigenvalue weighted by molar-refractivity contribution is 6.40. The number of ether oxygens (including phenoxy) is 1. The van der Waals surface area contributed by atoms with Crippen molar-refractivity contribution in [3.8, 4) is 5.75 Å². The highest BCUT2D eigenvalue weighted by Crippen LogP contribution is 2.26. The number of Topliss-reactive ketones (excluding diaryl/α,β-unsaturated/α-hetero) is 2. The molecule has 0 radical (unpaired) electrons. The van der Waals surface area contributed by atoms with Crippen molar-refractivity contribution in [2.24, 2.45) is 0 Å². The zero-order valence-electron chi connectivity index (χ0n) is 18.4. The van der Waals surface area contributed by atoms with Gasteiger partial charge in [-0.25, -0.2) is 17.6 Å². The molecule has 2 amide bonds. The van der Waals surface area contributed by atoms with Crippen molar-refractivity contribution >= 4 is 35.0 Å². The molecule has 0 aliphatic rings. The number of halogens is 6. The number of hydrogen-bond donors (Lipinski definition) is 3. The van der Waals surface area contributed by atoms with Crippen LogP contribution in [0.5, 0.6) is 5.75 Å². The van der Waals surface area contributed by atoms with Gasteiger partial charge in [0.25, 0.3) is 5.91 Å². The van der Waals surface area contributed by atoms with Crippen molar-refractivity contribution in [2.45, 2.75) is 25.3 Å². The summed E-state index contributed by atoms with van der Waals surface area (Å²) < 4.78 is 85.4. The zero-order chi connectivity index (χ0) is 27.9. The van der Waals surface area contributed by atoms with Crippen LogP contribution in [0, 0.1) is 34.9 Å². The first kappa shape index (κ1) is 28.8. The minimum absolute atomic E-state index is 0.110. The van der Waals surface area contributed by atoms with E-state index in [0.717, 1.165) is 18.2 Å². The molecule has 37 heavy (non-hydrogen) atoms. The van der Waals surface area contributed by atoms with Gasteiger partial charge in [0.15, 0.2) is 23.2 Å². The van der Waals surface area contributed by atoms with E-state index < -0.39 is 108 Å². The fourth-order valence-corrected chi connectivity index (χ4v) is 2.75. The van der Waals surface area contributed by atoms with E-state index in [9.17, 15) is 50.3 Å². The average molecular weight is 534 g/mol. The summed E-state index contributed by atoms with van der Waals surface area (Å²) >= 11 is 0. The number of carboxylic acids is 1. The van der Waals surface area contributed by atoms with Crippen molar-refractivity contribution in [1.82, 2.24) is 5.32 Å². The van der Waals surface area contributed by atoms with Crippen LogP contribution in [0.4, 0.5) is 32.0 Å². The standard InChI is InChI=1S/C22H16F6N2O7/c23-9-2-1-3-10(24)20(9)30-22(36)14(31)4-5-16(33)29-13(7-17(34)35)15(32)8-37-21-18(27)11(25)6-12(26)19(21)28/h1-3,6,13H,4-5,7-8H2,(H,29,33)(H,30,36)(H,34,35)/t13-/m0/s1. The number of amides is 2. The van der Waals surface area contributed by atoms with Gasteiger partial charge in [0.05, 0.1) is 6.42 Å². The Labute approximate surface area is 203 Å². The largest absolute Gasteiger partial charge is 0.481 e. The fraction of sp³-hybridized carbons (Fsp3) is 0.227. The van der Waals surface area contributed by atoms with E-state index in [2.05, 4.69) is 4.74 Å².